The molecule has 0 bridgehead atoms. The fraction of sp³-hybridized carbons (Fsp3) is 0.667. The van der Waals surface area contributed by atoms with Crippen molar-refractivity contribution in [2.45, 2.75) is 66.0 Å². The Labute approximate surface area is 134 Å². The molecule has 1 aromatic carbocycles. The second-order valence-electron chi connectivity index (χ2n) is 6.26. The van der Waals surface area contributed by atoms with Gasteiger partial charge in [0.1, 0.15) is 11.9 Å². The van der Waals surface area contributed by atoms with E-state index >= 15 is 0 Å². The Kier molecular flexibility index (Phi) is 5.21. The molecule has 0 heterocycles. The largest absolute Gasteiger partial charge is 0.489 e. The van der Waals surface area contributed by atoms with Gasteiger partial charge in [0.15, 0.2) is 0 Å². The van der Waals surface area contributed by atoms with Gasteiger partial charge in [-0.15, -0.1) is 0 Å². The molecule has 0 amide bonds. The number of ether oxygens (including phenoxy) is 1. The smallest absolute Gasteiger partial charge is 0.125 e. The van der Waals surface area contributed by atoms with E-state index in [9.17, 15) is 0 Å². The third-order valence-corrected chi connectivity index (χ3v) is 5.46. The predicted octanol–water partition coefficient (Wildman–Crippen LogP) is 4.89. The molecule has 1 aromatic rings. The van der Waals surface area contributed by atoms with E-state index in [0.717, 1.165) is 47.7 Å². The van der Waals surface area contributed by atoms with Crippen molar-refractivity contribution >= 4 is 11.6 Å². The molecule has 2 rings (SSSR count). The number of aryl methyl sites for hydroxylation is 2. The molecule has 1 aliphatic rings. The van der Waals surface area contributed by atoms with E-state index in [1.807, 2.05) is 12.1 Å². The summed E-state index contributed by atoms with van der Waals surface area (Å²) in [7, 11) is 0. The van der Waals surface area contributed by atoms with E-state index in [4.69, 9.17) is 16.3 Å². The molecule has 0 saturated heterocycles. The van der Waals surface area contributed by atoms with Crippen LogP contribution in [0.3, 0.4) is 0 Å². The molecule has 3 heteroatoms. The van der Waals surface area contributed by atoms with Crippen LogP contribution in [-0.4, -0.2) is 18.7 Å². The number of halogens is 1. The lowest BCUT2D eigenvalue weighted by atomic mass is 9.58. The SMILES string of the molecule is CCNC1CC(Oc2c(C)cc(Cl)cc2C)C1(CC)CC. The Morgan fingerprint density at radius 2 is 1.76 bits per heavy atom. The molecule has 2 unspecified atom stereocenters. The Hall–Kier alpha value is -0.730. The Bertz CT molecular complexity index is 473. The molecule has 1 saturated carbocycles. The van der Waals surface area contributed by atoms with Crippen molar-refractivity contribution in [1.29, 1.82) is 0 Å². The average molecular weight is 310 g/mol. The zero-order valence-electron chi connectivity index (χ0n) is 13.9. The molecule has 118 valence electrons. The van der Waals surface area contributed by atoms with Gasteiger partial charge in [0.25, 0.3) is 0 Å². The highest BCUT2D eigenvalue weighted by Gasteiger charge is 2.54. The van der Waals surface area contributed by atoms with E-state index in [2.05, 4.69) is 39.9 Å². The predicted molar refractivity (Wildman–Crippen MR) is 90.4 cm³/mol. The van der Waals surface area contributed by atoms with Gasteiger partial charge in [-0.1, -0.05) is 32.4 Å². The minimum atomic E-state index is 0.258. The topological polar surface area (TPSA) is 21.3 Å². The molecule has 1 fully saturated rings. The van der Waals surface area contributed by atoms with Crippen molar-refractivity contribution in [3.63, 3.8) is 0 Å². The summed E-state index contributed by atoms with van der Waals surface area (Å²) in [6.45, 7) is 11.9. The van der Waals surface area contributed by atoms with Gasteiger partial charge in [-0.05, 0) is 56.5 Å². The van der Waals surface area contributed by atoms with E-state index in [-0.39, 0.29) is 5.41 Å². The summed E-state index contributed by atoms with van der Waals surface area (Å²) in [6, 6.07) is 4.56. The van der Waals surface area contributed by atoms with E-state index < -0.39 is 0 Å². The summed E-state index contributed by atoms with van der Waals surface area (Å²) in [5.74, 6) is 1.02. The van der Waals surface area contributed by atoms with E-state index in [0.29, 0.717) is 12.1 Å². The quantitative estimate of drug-likeness (QED) is 0.807. The molecular weight excluding hydrogens is 282 g/mol. The van der Waals surface area contributed by atoms with Gasteiger partial charge in [0.2, 0.25) is 0 Å². The maximum atomic E-state index is 6.44. The molecule has 2 atom stereocenters. The van der Waals surface area contributed by atoms with Crippen LogP contribution in [-0.2, 0) is 0 Å². The van der Waals surface area contributed by atoms with Crippen molar-refractivity contribution in [1.82, 2.24) is 5.32 Å². The molecule has 0 aliphatic heterocycles. The second kappa shape index (κ2) is 6.58. The summed E-state index contributed by atoms with van der Waals surface area (Å²) in [4.78, 5) is 0. The van der Waals surface area contributed by atoms with E-state index in [1.54, 1.807) is 0 Å². The summed E-state index contributed by atoms with van der Waals surface area (Å²) < 4.78 is 6.44. The number of benzene rings is 1. The van der Waals surface area contributed by atoms with Crippen LogP contribution in [0.2, 0.25) is 5.02 Å². The van der Waals surface area contributed by atoms with Gasteiger partial charge in [-0.2, -0.15) is 0 Å². The van der Waals surface area contributed by atoms with Crippen LogP contribution in [0.15, 0.2) is 12.1 Å². The van der Waals surface area contributed by atoms with Gasteiger partial charge in [-0.3, -0.25) is 0 Å². The van der Waals surface area contributed by atoms with Crippen LogP contribution in [0, 0.1) is 19.3 Å². The molecule has 21 heavy (non-hydrogen) atoms. The standard InChI is InChI=1S/C18H28ClNO/c1-6-18(7-2)15(20-8-3)11-16(18)21-17-12(4)9-14(19)10-13(17)5/h9-10,15-16,20H,6-8,11H2,1-5H3. The zero-order chi connectivity index (χ0) is 15.6. The van der Waals surface area contributed by atoms with Gasteiger partial charge >= 0.3 is 0 Å². The van der Waals surface area contributed by atoms with Crippen LogP contribution < -0.4 is 10.1 Å². The maximum absolute atomic E-state index is 6.44. The lowest BCUT2D eigenvalue weighted by Gasteiger charge is -2.55. The fourth-order valence-electron chi connectivity index (χ4n) is 3.87. The first-order valence-corrected chi connectivity index (χ1v) is 8.53. The van der Waals surface area contributed by atoms with Crippen LogP contribution in [0.4, 0.5) is 0 Å². The van der Waals surface area contributed by atoms with Gasteiger partial charge in [-0.25, -0.2) is 0 Å². The lowest BCUT2D eigenvalue weighted by molar-refractivity contribution is -0.0859. The molecule has 0 spiro atoms. The minimum Gasteiger partial charge on any atom is -0.489 e. The summed E-state index contributed by atoms with van der Waals surface area (Å²) in [5.41, 5.74) is 2.52. The highest BCUT2D eigenvalue weighted by Crippen LogP contribution is 2.49. The van der Waals surface area contributed by atoms with Gasteiger partial charge < -0.3 is 10.1 Å². The first kappa shape index (κ1) is 16.6. The minimum absolute atomic E-state index is 0.258. The number of hydrogen-bond donors (Lipinski definition) is 1. The normalized spacial score (nSPS) is 23.7. The average Bonchev–Trinajstić information content (AvgIpc) is 2.41. The van der Waals surface area contributed by atoms with Crippen molar-refractivity contribution < 1.29 is 4.74 Å². The van der Waals surface area contributed by atoms with Crippen molar-refractivity contribution in [2.24, 2.45) is 5.41 Å². The Morgan fingerprint density at radius 3 is 2.24 bits per heavy atom. The second-order valence-corrected chi connectivity index (χ2v) is 6.70. The van der Waals surface area contributed by atoms with Gasteiger partial charge in [0, 0.05) is 22.9 Å². The molecule has 0 radical (unpaired) electrons. The first-order valence-electron chi connectivity index (χ1n) is 8.15. The third kappa shape index (κ3) is 2.93. The number of nitrogens with one attached hydrogen (secondary N) is 1. The molecule has 2 nitrogen and oxygen atoms in total. The summed E-state index contributed by atoms with van der Waals surface area (Å²) in [6.07, 6.45) is 3.70. The zero-order valence-corrected chi connectivity index (χ0v) is 14.7. The first-order chi connectivity index (χ1) is 9.98. The number of rotatable bonds is 6. The lowest BCUT2D eigenvalue weighted by Crippen LogP contribution is -2.64. The molecule has 1 aliphatic carbocycles. The van der Waals surface area contributed by atoms with Crippen LogP contribution in [0.25, 0.3) is 0 Å². The summed E-state index contributed by atoms with van der Waals surface area (Å²) in [5, 5.41) is 4.41. The maximum Gasteiger partial charge on any atom is 0.125 e. The molecular formula is C18H28ClNO. The number of hydrogen-bond acceptors (Lipinski definition) is 2. The monoisotopic (exact) mass is 309 g/mol. The van der Waals surface area contributed by atoms with Crippen LogP contribution >= 0.6 is 11.6 Å². The Balaban J connectivity index is 2.20. The van der Waals surface area contributed by atoms with Gasteiger partial charge in [0.05, 0.1) is 0 Å². The third-order valence-electron chi connectivity index (χ3n) is 5.24. The van der Waals surface area contributed by atoms with Crippen molar-refractivity contribution in [3.8, 4) is 5.75 Å². The van der Waals surface area contributed by atoms with Crippen LogP contribution in [0.1, 0.15) is 51.2 Å². The van der Waals surface area contributed by atoms with Crippen molar-refractivity contribution in [2.75, 3.05) is 6.54 Å². The fourth-order valence-corrected chi connectivity index (χ4v) is 4.20. The van der Waals surface area contributed by atoms with E-state index in [1.165, 1.54) is 0 Å². The molecule has 1 N–H and O–H groups in total. The molecule has 0 aromatic heterocycles. The Morgan fingerprint density at radius 1 is 1.19 bits per heavy atom. The summed E-state index contributed by atoms with van der Waals surface area (Å²) >= 11 is 6.12. The highest BCUT2D eigenvalue weighted by molar-refractivity contribution is 6.30. The van der Waals surface area contributed by atoms with Crippen molar-refractivity contribution in [3.05, 3.63) is 28.3 Å². The van der Waals surface area contributed by atoms with Crippen LogP contribution in [0.5, 0.6) is 5.75 Å². The highest BCUT2D eigenvalue weighted by atomic mass is 35.5.